The molecule has 4 nitrogen and oxygen atoms in total. The minimum absolute atomic E-state index is 0.280. The molecule has 5 heteroatoms. The third-order valence-corrected chi connectivity index (χ3v) is 2.20. The molecule has 0 amide bonds. The normalized spacial score (nSPS) is 12.5. The molecule has 0 fully saturated rings. The molecule has 1 aromatic heterocycles. The lowest BCUT2D eigenvalue weighted by molar-refractivity contribution is 0.577. The number of nitrogens with zero attached hydrogens (tertiary/aromatic N) is 1. The van der Waals surface area contributed by atoms with Crippen molar-refractivity contribution in [2.75, 3.05) is 0 Å². The van der Waals surface area contributed by atoms with E-state index in [1.807, 2.05) is 6.92 Å². The molecule has 1 rings (SSSR count). The summed E-state index contributed by atoms with van der Waals surface area (Å²) in [5.41, 5.74) is 1.26. The molecule has 1 aromatic rings. The number of hydrogen-bond acceptors (Lipinski definition) is 3. The molecule has 1 unspecified atom stereocenters. The summed E-state index contributed by atoms with van der Waals surface area (Å²) < 4.78 is 19.2. The first-order valence-corrected chi connectivity index (χ1v) is 4.90. The van der Waals surface area contributed by atoms with Crippen molar-refractivity contribution in [1.82, 2.24) is 4.98 Å². The molecular formula is C8H10N2O2S. The molecule has 70 valence electrons. The van der Waals surface area contributed by atoms with E-state index in [2.05, 4.69) is 4.98 Å². The molecular weight excluding hydrogens is 188 g/mol. The Hall–Kier alpha value is -1.07. The van der Waals surface area contributed by atoms with Crippen molar-refractivity contribution < 1.29 is 8.76 Å². The second-order valence-electron chi connectivity index (χ2n) is 2.47. The highest BCUT2D eigenvalue weighted by Crippen LogP contribution is 2.04. The van der Waals surface area contributed by atoms with E-state index in [0.717, 1.165) is 12.1 Å². The van der Waals surface area contributed by atoms with Crippen molar-refractivity contribution >= 4 is 16.1 Å². The fraction of sp³-hybridized carbons (Fsp3) is 0.250. The molecule has 0 radical (unpaired) electrons. The predicted octanol–water partition coefficient (Wildman–Crippen LogP) is 1.19. The van der Waals surface area contributed by atoms with Gasteiger partial charge in [0.2, 0.25) is 11.1 Å². The maximum atomic E-state index is 10.6. The summed E-state index contributed by atoms with van der Waals surface area (Å²) >= 11 is -2.22. The number of aryl methyl sites for hydroxylation is 1. The second kappa shape index (κ2) is 4.25. The summed E-state index contributed by atoms with van der Waals surface area (Å²) in [6, 6.07) is 3.20. The Labute approximate surface area is 78.8 Å². The van der Waals surface area contributed by atoms with Crippen molar-refractivity contribution in [1.29, 1.82) is 5.41 Å². The summed E-state index contributed by atoms with van der Waals surface area (Å²) in [5.74, 6) is 0. The van der Waals surface area contributed by atoms with Gasteiger partial charge in [0, 0.05) is 17.5 Å². The summed E-state index contributed by atoms with van der Waals surface area (Å²) in [4.78, 5) is 4.02. The lowest BCUT2D eigenvalue weighted by atomic mass is 10.2. The van der Waals surface area contributed by atoms with Crippen LogP contribution in [0.15, 0.2) is 18.3 Å². The molecule has 0 aliphatic heterocycles. The first-order valence-electron chi connectivity index (χ1n) is 3.80. The zero-order valence-corrected chi connectivity index (χ0v) is 7.97. The Kier molecular flexibility index (Phi) is 3.27. The van der Waals surface area contributed by atoms with Crippen molar-refractivity contribution in [3.63, 3.8) is 0 Å². The average molecular weight is 198 g/mol. The second-order valence-corrected chi connectivity index (χ2v) is 3.37. The van der Waals surface area contributed by atoms with Gasteiger partial charge in [-0.15, -0.1) is 0 Å². The van der Waals surface area contributed by atoms with Crippen LogP contribution in [0.3, 0.4) is 0 Å². The van der Waals surface area contributed by atoms with Crippen LogP contribution < -0.4 is 0 Å². The first kappa shape index (κ1) is 10.0. The number of rotatable bonds is 2. The summed E-state index contributed by atoms with van der Waals surface area (Å²) in [6.07, 6.45) is 2.29. The van der Waals surface area contributed by atoms with E-state index in [4.69, 9.17) is 9.96 Å². The largest absolute Gasteiger partial charge is 0.301 e. The van der Waals surface area contributed by atoms with Crippen molar-refractivity contribution in [2.24, 2.45) is 0 Å². The predicted molar refractivity (Wildman–Crippen MR) is 51.2 cm³/mol. The third-order valence-electron chi connectivity index (χ3n) is 1.62. The van der Waals surface area contributed by atoms with Crippen LogP contribution >= 0.6 is 0 Å². The van der Waals surface area contributed by atoms with Gasteiger partial charge in [0.25, 0.3) is 0 Å². The van der Waals surface area contributed by atoms with Crippen LogP contribution in [0.5, 0.6) is 0 Å². The quantitative estimate of drug-likeness (QED) is 0.426. The SMILES string of the molecule is CCc1cc(C(=N)S(=O)O)ccn1. The standard InChI is InChI=1S/C8H10N2O2S/c1-2-7-5-6(3-4-10-7)8(9)13(11)12/h3-5,9H,2H2,1H3,(H,11,12). The molecule has 2 N–H and O–H groups in total. The van der Waals surface area contributed by atoms with Gasteiger partial charge in [-0.1, -0.05) is 6.92 Å². The molecule has 1 atom stereocenters. The van der Waals surface area contributed by atoms with Crippen LogP contribution in [0.25, 0.3) is 0 Å². The summed E-state index contributed by atoms with van der Waals surface area (Å²) in [6.45, 7) is 1.94. The topological polar surface area (TPSA) is 74.0 Å². The minimum atomic E-state index is -2.22. The fourth-order valence-electron chi connectivity index (χ4n) is 0.914. The number of hydrogen-bond donors (Lipinski definition) is 2. The molecule has 0 aromatic carbocycles. The molecule has 0 bridgehead atoms. The van der Waals surface area contributed by atoms with Gasteiger partial charge in [0.1, 0.15) is 0 Å². The molecule has 13 heavy (non-hydrogen) atoms. The number of pyridine rings is 1. The third kappa shape index (κ3) is 2.43. The van der Waals surface area contributed by atoms with E-state index in [1.54, 1.807) is 12.1 Å². The smallest absolute Gasteiger partial charge is 0.205 e. The number of aromatic nitrogens is 1. The van der Waals surface area contributed by atoms with Gasteiger partial charge in [-0.3, -0.25) is 10.4 Å². The van der Waals surface area contributed by atoms with E-state index < -0.39 is 11.1 Å². The Morgan fingerprint density at radius 2 is 2.46 bits per heavy atom. The highest BCUT2D eigenvalue weighted by molar-refractivity contribution is 7.96. The van der Waals surface area contributed by atoms with E-state index >= 15 is 0 Å². The van der Waals surface area contributed by atoms with Crippen LogP contribution in [0.4, 0.5) is 0 Å². The molecule has 0 saturated carbocycles. The van der Waals surface area contributed by atoms with Crippen molar-refractivity contribution in [3.05, 3.63) is 29.6 Å². The van der Waals surface area contributed by atoms with Crippen LogP contribution in [-0.4, -0.2) is 18.8 Å². The molecule has 0 aliphatic carbocycles. The van der Waals surface area contributed by atoms with Gasteiger partial charge in [-0.25, -0.2) is 4.21 Å². The van der Waals surface area contributed by atoms with Gasteiger partial charge in [0.15, 0.2) is 5.04 Å². The van der Waals surface area contributed by atoms with E-state index in [9.17, 15) is 4.21 Å². The summed E-state index contributed by atoms with van der Waals surface area (Å²) in [5, 5.41) is 7.00. The van der Waals surface area contributed by atoms with Crippen molar-refractivity contribution in [3.8, 4) is 0 Å². The van der Waals surface area contributed by atoms with Gasteiger partial charge in [0.05, 0.1) is 0 Å². The minimum Gasteiger partial charge on any atom is -0.301 e. The van der Waals surface area contributed by atoms with E-state index in [1.165, 1.54) is 6.20 Å². The molecule has 0 saturated heterocycles. The van der Waals surface area contributed by atoms with Gasteiger partial charge in [-0.05, 0) is 18.6 Å². The number of nitrogens with one attached hydrogen (secondary N) is 1. The maximum absolute atomic E-state index is 10.6. The van der Waals surface area contributed by atoms with E-state index in [-0.39, 0.29) is 5.04 Å². The maximum Gasteiger partial charge on any atom is 0.205 e. The molecule has 1 heterocycles. The zero-order valence-electron chi connectivity index (χ0n) is 7.15. The van der Waals surface area contributed by atoms with Gasteiger partial charge >= 0.3 is 0 Å². The van der Waals surface area contributed by atoms with Crippen LogP contribution in [-0.2, 0) is 17.5 Å². The lowest BCUT2D eigenvalue weighted by Gasteiger charge is -2.00. The molecule has 0 spiro atoms. The highest BCUT2D eigenvalue weighted by atomic mass is 32.2. The van der Waals surface area contributed by atoms with Gasteiger partial charge < -0.3 is 4.55 Å². The Morgan fingerprint density at radius 1 is 1.77 bits per heavy atom. The molecule has 0 aliphatic rings. The lowest BCUT2D eigenvalue weighted by Crippen LogP contribution is -2.07. The Bertz CT molecular complexity index is 352. The van der Waals surface area contributed by atoms with Crippen LogP contribution in [0.1, 0.15) is 18.2 Å². The zero-order chi connectivity index (χ0) is 9.84. The fourth-order valence-corrected chi connectivity index (χ4v) is 1.24. The van der Waals surface area contributed by atoms with Gasteiger partial charge in [-0.2, -0.15) is 0 Å². The summed E-state index contributed by atoms with van der Waals surface area (Å²) in [7, 11) is 0. The Balaban J connectivity index is 3.02. The van der Waals surface area contributed by atoms with Crippen LogP contribution in [0, 0.1) is 5.41 Å². The van der Waals surface area contributed by atoms with Crippen molar-refractivity contribution in [2.45, 2.75) is 13.3 Å². The van der Waals surface area contributed by atoms with Crippen LogP contribution in [0.2, 0.25) is 0 Å². The average Bonchev–Trinajstić information content (AvgIpc) is 2.16. The first-order chi connectivity index (χ1) is 6.15. The Morgan fingerprint density at radius 3 is 3.00 bits per heavy atom. The highest BCUT2D eigenvalue weighted by Gasteiger charge is 2.07. The van der Waals surface area contributed by atoms with E-state index in [0.29, 0.717) is 5.56 Å². The monoisotopic (exact) mass is 198 g/mol.